The van der Waals surface area contributed by atoms with Crippen molar-refractivity contribution in [2.75, 3.05) is 20.8 Å². The first-order chi connectivity index (χ1) is 23.2. The monoisotopic (exact) mass is 724 g/mol. The highest BCUT2D eigenvalue weighted by Crippen LogP contribution is 2.33. The minimum atomic E-state index is -0.864. The van der Waals surface area contributed by atoms with Crippen molar-refractivity contribution in [1.82, 2.24) is 14.3 Å². The molecule has 5 aromatic rings. The minimum Gasteiger partial charge on any atom is -0.496 e. The van der Waals surface area contributed by atoms with Gasteiger partial charge in [-0.1, -0.05) is 54.3 Å². The number of hydrogen-bond donors (Lipinski definition) is 0. The van der Waals surface area contributed by atoms with Crippen molar-refractivity contribution >= 4 is 45.3 Å². The Morgan fingerprint density at radius 1 is 1.04 bits per heavy atom. The molecule has 1 aliphatic heterocycles. The van der Waals surface area contributed by atoms with Crippen molar-refractivity contribution in [3.05, 3.63) is 144 Å². The van der Waals surface area contributed by atoms with Crippen LogP contribution in [0.1, 0.15) is 34.5 Å². The number of fused-ring (bicyclic) bond motifs is 1. The Morgan fingerprint density at radius 3 is 2.46 bits per heavy atom. The number of allylic oxidation sites excluding steroid dienone is 1. The van der Waals surface area contributed by atoms with Crippen LogP contribution in [0, 0.1) is 0 Å². The molecule has 0 fully saturated rings. The summed E-state index contributed by atoms with van der Waals surface area (Å²) in [5.74, 6) is -0.448. The molecule has 2 aromatic heterocycles. The number of carbonyl (C=O) groups is 2. The minimum absolute atomic E-state index is 0.0102. The molecule has 3 heterocycles. The second kappa shape index (κ2) is 13.8. The number of carbonyl (C=O) groups excluding carboxylic acids is 2. The second-order valence-electron chi connectivity index (χ2n) is 10.6. The van der Waals surface area contributed by atoms with Gasteiger partial charge in [-0.15, -0.1) is 0 Å². The lowest BCUT2D eigenvalue weighted by Crippen LogP contribution is -2.40. The zero-order valence-corrected chi connectivity index (χ0v) is 28.6. The molecule has 1 aliphatic rings. The lowest BCUT2D eigenvalue weighted by molar-refractivity contribution is -0.138. The highest BCUT2D eigenvalue weighted by atomic mass is 79.9. The number of esters is 2. The number of benzene rings is 3. The van der Waals surface area contributed by atoms with Crippen LogP contribution in [0.15, 0.2) is 117 Å². The number of para-hydroxylation sites is 1. The van der Waals surface area contributed by atoms with E-state index in [1.54, 1.807) is 49.1 Å². The molecule has 0 bridgehead atoms. The van der Waals surface area contributed by atoms with E-state index in [0.29, 0.717) is 43.2 Å². The third kappa shape index (κ3) is 6.19. The first-order valence-electron chi connectivity index (χ1n) is 14.7. The molecular formula is C36H29BrN4O6S. The number of ether oxygens (including phenoxy) is 3. The summed E-state index contributed by atoms with van der Waals surface area (Å²) in [7, 11) is 2.90. The van der Waals surface area contributed by atoms with Gasteiger partial charge in [-0.2, -0.15) is 5.10 Å². The Kier molecular flexibility index (Phi) is 9.37. The average molecular weight is 726 g/mol. The van der Waals surface area contributed by atoms with Gasteiger partial charge < -0.3 is 14.2 Å². The Hall–Kier alpha value is -5.33. The zero-order chi connectivity index (χ0) is 33.9. The van der Waals surface area contributed by atoms with E-state index in [2.05, 4.69) is 27.5 Å². The summed E-state index contributed by atoms with van der Waals surface area (Å²) in [5.41, 5.74) is 4.20. The highest BCUT2D eigenvalue weighted by Gasteiger charge is 2.33. The first kappa shape index (κ1) is 32.6. The third-order valence-electron chi connectivity index (χ3n) is 7.70. The summed E-state index contributed by atoms with van der Waals surface area (Å²) in [4.78, 5) is 45.0. The van der Waals surface area contributed by atoms with Crippen LogP contribution >= 0.6 is 27.3 Å². The number of methoxy groups -OCH3 is 2. The van der Waals surface area contributed by atoms with E-state index in [-0.39, 0.29) is 17.7 Å². The quantitative estimate of drug-likeness (QED) is 0.148. The molecule has 0 saturated heterocycles. The smallest absolute Gasteiger partial charge is 0.338 e. The van der Waals surface area contributed by atoms with Crippen LogP contribution in [0.25, 0.3) is 23.0 Å². The maximum absolute atomic E-state index is 14.3. The van der Waals surface area contributed by atoms with Gasteiger partial charge in [-0.05, 0) is 77.0 Å². The summed E-state index contributed by atoms with van der Waals surface area (Å²) >= 11 is 4.78. The summed E-state index contributed by atoms with van der Waals surface area (Å²) in [5, 5.41) is 4.90. The Bertz CT molecular complexity index is 2270. The van der Waals surface area contributed by atoms with E-state index in [9.17, 15) is 14.4 Å². The van der Waals surface area contributed by atoms with Crippen molar-refractivity contribution in [3.63, 3.8) is 0 Å². The summed E-state index contributed by atoms with van der Waals surface area (Å²) in [6.07, 6.45) is 5.13. The van der Waals surface area contributed by atoms with Crippen LogP contribution in [0.4, 0.5) is 0 Å². The summed E-state index contributed by atoms with van der Waals surface area (Å²) in [6.45, 7) is 5.33. The van der Waals surface area contributed by atoms with Crippen LogP contribution in [0.3, 0.4) is 0 Å². The molecule has 1 unspecified atom stereocenters. The van der Waals surface area contributed by atoms with Gasteiger partial charge in [0.15, 0.2) is 4.80 Å². The number of nitrogens with zero attached hydrogens (tertiary/aromatic N) is 4. The topological polar surface area (TPSA) is 114 Å². The molecule has 12 heteroatoms. The molecule has 242 valence electrons. The molecule has 10 nitrogen and oxygen atoms in total. The number of thiazole rings is 1. The number of hydrogen-bond acceptors (Lipinski definition) is 9. The highest BCUT2D eigenvalue weighted by molar-refractivity contribution is 9.10. The van der Waals surface area contributed by atoms with Crippen LogP contribution in [0.2, 0.25) is 0 Å². The standard InChI is InChI=1S/C36H29BrN4O6S/c1-5-17-47-35(44)30-21(2)38-36-41(32(30)22-11-13-23(14-12-22)34(43)46-4)33(42)29(48-36)19-25-20-40(26-9-7-6-8-10-26)39-31(25)24-15-16-28(45-3)27(37)18-24/h5-16,18-20,32H,1,17H2,2-4H3. The van der Waals surface area contributed by atoms with Crippen LogP contribution in [0.5, 0.6) is 5.75 Å². The second-order valence-corrected chi connectivity index (χ2v) is 12.5. The van der Waals surface area contributed by atoms with E-state index in [0.717, 1.165) is 15.7 Å². The van der Waals surface area contributed by atoms with Gasteiger partial charge in [0.05, 0.1) is 51.8 Å². The van der Waals surface area contributed by atoms with Gasteiger partial charge in [0, 0.05) is 17.3 Å². The van der Waals surface area contributed by atoms with E-state index < -0.39 is 18.0 Å². The van der Waals surface area contributed by atoms with E-state index in [1.807, 2.05) is 54.7 Å². The van der Waals surface area contributed by atoms with Gasteiger partial charge in [0.1, 0.15) is 18.1 Å². The first-order valence-corrected chi connectivity index (χ1v) is 16.3. The van der Waals surface area contributed by atoms with Gasteiger partial charge in [0.2, 0.25) is 0 Å². The number of aromatic nitrogens is 3. The van der Waals surface area contributed by atoms with Crippen molar-refractivity contribution in [1.29, 1.82) is 0 Å². The molecule has 0 spiro atoms. The zero-order valence-electron chi connectivity index (χ0n) is 26.2. The molecule has 0 radical (unpaired) electrons. The van der Waals surface area contributed by atoms with Crippen LogP contribution in [-0.4, -0.2) is 47.1 Å². The fraction of sp³-hybridized carbons (Fsp3) is 0.139. The fourth-order valence-corrected chi connectivity index (χ4v) is 6.99. The van der Waals surface area contributed by atoms with E-state index in [1.165, 1.54) is 29.1 Å². The molecule has 0 N–H and O–H groups in total. The van der Waals surface area contributed by atoms with E-state index >= 15 is 0 Å². The van der Waals surface area contributed by atoms with Gasteiger partial charge in [0.25, 0.3) is 5.56 Å². The normalized spacial score (nSPS) is 14.2. The largest absolute Gasteiger partial charge is 0.496 e. The molecule has 0 saturated carbocycles. The van der Waals surface area contributed by atoms with Gasteiger partial charge in [-0.3, -0.25) is 9.36 Å². The molecular weight excluding hydrogens is 696 g/mol. The van der Waals surface area contributed by atoms with Crippen molar-refractivity contribution in [2.24, 2.45) is 4.99 Å². The molecule has 0 amide bonds. The van der Waals surface area contributed by atoms with E-state index in [4.69, 9.17) is 19.3 Å². The van der Waals surface area contributed by atoms with Crippen molar-refractivity contribution < 1.29 is 23.8 Å². The third-order valence-corrected chi connectivity index (χ3v) is 9.30. The van der Waals surface area contributed by atoms with Gasteiger partial charge in [-0.25, -0.2) is 19.3 Å². The maximum atomic E-state index is 14.3. The predicted octanol–water partition coefficient (Wildman–Crippen LogP) is 5.37. The average Bonchev–Trinajstić information content (AvgIpc) is 3.66. The summed E-state index contributed by atoms with van der Waals surface area (Å²) in [6, 6.07) is 21.0. The van der Waals surface area contributed by atoms with Crippen LogP contribution in [-0.2, 0) is 14.3 Å². The Morgan fingerprint density at radius 2 is 1.79 bits per heavy atom. The molecule has 48 heavy (non-hydrogen) atoms. The number of halogens is 1. The Balaban J connectivity index is 1.54. The number of rotatable bonds is 9. The van der Waals surface area contributed by atoms with Crippen molar-refractivity contribution in [3.8, 4) is 22.7 Å². The predicted molar refractivity (Wildman–Crippen MR) is 186 cm³/mol. The fourth-order valence-electron chi connectivity index (χ4n) is 5.41. The molecule has 1 atom stereocenters. The molecule has 3 aromatic carbocycles. The Labute approximate surface area is 287 Å². The molecule has 0 aliphatic carbocycles. The lowest BCUT2D eigenvalue weighted by Gasteiger charge is -2.24. The SMILES string of the molecule is C=CCOC(=O)C1=C(C)N=c2sc(=Cc3cn(-c4ccccc4)nc3-c3ccc(OC)c(Br)c3)c(=O)n2C1c1ccc(C(=O)OC)cc1. The lowest BCUT2D eigenvalue weighted by atomic mass is 9.95. The van der Waals surface area contributed by atoms with Crippen LogP contribution < -0.4 is 19.6 Å². The van der Waals surface area contributed by atoms with Gasteiger partial charge >= 0.3 is 11.9 Å². The summed E-state index contributed by atoms with van der Waals surface area (Å²) < 4.78 is 20.1. The molecule has 6 rings (SSSR count). The van der Waals surface area contributed by atoms with Crippen molar-refractivity contribution in [2.45, 2.75) is 13.0 Å². The maximum Gasteiger partial charge on any atom is 0.338 e.